The van der Waals surface area contributed by atoms with Crippen LogP contribution in [0.2, 0.25) is 0 Å². The van der Waals surface area contributed by atoms with Gasteiger partial charge in [0.15, 0.2) is 11.3 Å². The van der Waals surface area contributed by atoms with Crippen molar-refractivity contribution < 1.29 is 9.34 Å². The third-order valence-corrected chi connectivity index (χ3v) is 4.47. The van der Waals surface area contributed by atoms with Gasteiger partial charge in [-0.2, -0.15) is 0 Å². The first-order chi connectivity index (χ1) is 13.7. The van der Waals surface area contributed by atoms with Crippen molar-refractivity contribution in [3.05, 3.63) is 82.8 Å². The lowest BCUT2D eigenvalue weighted by molar-refractivity contribution is -0.384. The van der Waals surface area contributed by atoms with E-state index in [1.54, 1.807) is 18.4 Å². The van der Waals surface area contributed by atoms with Crippen molar-refractivity contribution in [1.29, 1.82) is 0 Å². The Bertz CT molecular complexity index is 1320. The molecule has 0 spiro atoms. The van der Waals surface area contributed by atoms with Crippen LogP contribution in [0.3, 0.4) is 0 Å². The van der Waals surface area contributed by atoms with E-state index in [1.165, 1.54) is 12.1 Å². The van der Waals surface area contributed by atoms with Gasteiger partial charge in [-0.3, -0.25) is 14.7 Å². The molecule has 0 saturated heterocycles. The molecule has 0 amide bonds. The van der Waals surface area contributed by atoms with E-state index in [2.05, 4.69) is 9.97 Å². The molecule has 5 aromatic rings. The summed E-state index contributed by atoms with van der Waals surface area (Å²) in [6.45, 7) is 0.383. The van der Waals surface area contributed by atoms with Gasteiger partial charge in [0.05, 0.1) is 28.8 Å². The Morgan fingerprint density at radius 1 is 0.964 bits per heavy atom. The zero-order valence-electron chi connectivity index (χ0n) is 14.5. The molecule has 0 aliphatic carbocycles. The molecule has 0 bridgehead atoms. The fourth-order valence-electron chi connectivity index (χ4n) is 3.19. The number of hydrogen-bond donors (Lipinski definition) is 0. The van der Waals surface area contributed by atoms with Crippen molar-refractivity contribution in [2.75, 3.05) is 0 Å². The summed E-state index contributed by atoms with van der Waals surface area (Å²) in [4.78, 5) is 24.7. The van der Waals surface area contributed by atoms with Gasteiger partial charge in [-0.05, 0) is 24.3 Å². The standard InChI is InChI=1S/C20H13N5O3/c26-25(27)14-6-3-5-13(11-14)19-23-18-20(24(19)12-15-7-4-10-28-15)22-17-9-2-1-8-16(17)21-18/h1-11H,12H2. The number of nitro groups is 1. The minimum absolute atomic E-state index is 0.000171. The predicted octanol–water partition coefficient (Wildman–Crippen LogP) is 4.20. The van der Waals surface area contributed by atoms with E-state index in [-0.39, 0.29) is 5.69 Å². The molecule has 3 aromatic heterocycles. The molecule has 0 radical (unpaired) electrons. The first-order valence-corrected chi connectivity index (χ1v) is 8.59. The maximum Gasteiger partial charge on any atom is 0.270 e. The number of benzene rings is 2. The zero-order chi connectivity index (χ0) is 19.1. The molecule has 0 fully saturated rings. The highest BCUT2D eigenvalue weighted by atomic mass is 16.6. The lowest BCUT2D eigenvalue weighted by Gasteiger charge is -2.07. The molecule has 0 unspecified atom stereocenters. The summed E-state index contributed by atoms with van der Waals surface area (Å²) in [5.74, 6) is 1.27. The number of fused-ring (bicyclic) bond motifs is 2. The number of nitro benzene ring substituents is 1. The van der Waals surface area contributed by atoms with E-state index in [0.717, 1.165) is 16.8 Å². The second-order valence-electron chi connectivity index (χ2n) is 6.27. The Balaban J connectivity index is 1.78. The first kappa shape index (κ1) is 16.1. The van der Waals surface area contributed by atoms with Gasteiger partial charge in [0.25, 0.3) is 5.69 Å². The van der Waals surface area contributed by atoms with E-state index in [4.69, 9.17) is 9.40 Å². The largest absolute Gasteiger partial charge is 0.467 e. The summed E-state index contributed by atoms with van der Waals surface area (Å²) in [5, 5.41) is 11.2. The van der Waals surface area contributed by atoms with E-state index >= 15 is 0 Å². The van der Waals surface area contributed by atoms with Gasteiger partial charge in [0.2, 0.25) is 0 Å². The maximum absolute atomic E-state index is 11.2. The highest BCUT2D eigenvalue weighted by Gasteiger charge is 2.18. The molecule has 0 atom stereocenters. The second kappa shape index (κ2) is 6.27. The normalized spacial score (nSPS) is 11.3. The quantitative estimate of drug-likeness (QED) is 0.347. The van der Waals surface area contributed by atoms with Gasteiger partial charge in [-0.15, -0.1) is 0 Å². The van der Waals surface area contributed by atoms with Crippen LogP contribution in [0.15, 0.2) is 71.3 Å². The molecule has 0 N–H and O–H groups in total. The van der Waals surface area contributed by atoms with Gasteiger partial charge in [-0.25, -0.2) is 15.0 Å². The van der Waals surface area contributed by atoms with Crippen LogP contribution in [0.25, 0.3) is 33.7 Å². The van der Waals surface area contributed by atoms with Crippen molar-refractivity contribution in [1.82, 2.24) is 19.5 Å². The summed E-state index contributed by atoms with van der Waals surface area (Å²) in [5.41, 5.74) is 3.18. The maximum atomic E-state index is 11.2. The van der Waals surface area contributed by atoms with Crippen molar-refractivity contribution in [3.63, 3.8) is 0 Å². The third kappa shape index (κ3) is 2.67. The van der Waals surface area contributed by atoms with Crippen molar-refractivity contribution >= 4 is 28.0 Å². The topological polar surface area (TPSA) is 99.9 Å². The Hall–Kier alpha value is -4.07. The van der Waals surface area contributed by atoms with Crippen LogP contribution in [0.5, 0.6) is 0 Å². The molecule has 28 heavy (non-hydrogen) atoms. The molecule has 8 heteroatoms. The lowest BCUT2D eigenvalue weighted by Crippen LogP contribution is -2.03. The average molecular weight is 371 g/mol. The highest BCUT2D eigenvalue weighted by Crippen LogP contribution is 2.28. The number of aromatic nitrogens is 4. The number of hydrogen-bond acceptors (Lipinski definition) is 6. The molecule has 0 aliphatic rings. The minimum atomic E-state index is -0.423. The number of non-ortho nitro benzene ring substituents is 1. The van der Waals surface area contributed by atoms with Gasteiger partial charge in [0.1, 0.15) is 11.6 Å². The van der Waals surface area contributed by atoms with Crippen molar-refractivity contribution in [2.45, 2.75) is 6.54 Å². The number of nitrogens with zero attached hydrogens (tertiary/aromatic N) is 5. The Morgan fingerprint density at radius 3 is 2.54 bits per heavy atom. The van der Waals surface area contributed by atoms with E-state index in [1.807, 2.05) is 41.0 Å². The van der Waals surface area contributed by atoms with Crippen LogP contribution >= 0.6 is 0 Å². The van der Waals surface area contributed by atoms with Crippen LogP contribution in [-0.4, -0.2) is 24.4 Å². The number of furan rings is 1. The van der Waals surface area contributed by atoms with Crippen molar-refractivity contribution in [2.24, 2.45) is 0 Å². The number of para-hydroxylation sites is 2. The summed E-state index contributed by atoms with van der Waals surface area (Å²) >= 11 is 0. The van der Waals surface area contributed by atoms with Gasteiger partial charge >= 0.3 is 0 Å². The third-order valence-electron chi connectivity index (χ3n) is 4.47. The van der Waals surface area contributed by atoms with E-state index < -0.39 is 4.92 Å². The molecular formula is C20H13N5O3. The molecule has 8 nitrogen and oxygen atoms in total. The monoisotopic (exact) mass is 371 g/mol. The fraction of sp³-hybridized carbons (Fsp3) is 0.0500. The fourth-order valence-corrected chi connectivity index (χ4v) is 3.19. The summed E-state index contributed by atoms with van der Waals surface area (Å²) in [7, 11) is 0. The summed E-state index contributed by atoms with van der Waals surface area (Å²) in [6.07, 6.45) is 1.60. The molecule has 5 rings (SSSR count). The summed E-state index contributed by atoms with van der Waals surface area (Å²) in [6, 6.07) is 17.6. The lowest BCUT2D eigenvalue weighted by atomic mass is 10.2. The molecular weight excluding hydrogens is 358 g/mol. The number of imidazole rings is 1. The van der Waals surface area contributed by atoms with Gasteiger partial charge < -0.3 is 4.42 Å². The molecule has 3 heterocycles. The van der Waals surface area contributed by atoms with Gasteiger partial charge in [0, 0.05) is 17.7 Å². The highest BCUT2D eigenvalue weighted by molar-refractivity contribution is 5.85. The van der Waals surface area contributed by atoms with Crippen LogP contribution in [0.1, 0.15) is 5.76 Å². The molecule has 136 valence electrons. The Kier molecular flexibility index (Phi) is 3.61. The predicted molar refractivity (Wildman–Crippen MR) is 103 cm³/mol. The SMILES string of the molecule is O=[N+]([O-])c1cccc(-c2nc3nc4ccccc4nc3n2Cc2ccco2)c1. The zero-order valence-corrected chi connectivity index (χ0v) is 14.5. The summed E-state index contributed by atoms with van der Waals surface area (Å²) < 4.78 is 7.36. The second-order valence-corrected chi connectivity index (χ2v) is 6.27. The minimum Gasteiger partial charge on any atom is -0.467 e. The van der Waals surface area contributed by atoms with E-state index in [9.17, 15) is 10.1 Å². The molecule has 2 aromatic carbocycles. The van der Waals surface area contributed by atoms with Gasteiger partial charge in [-0.1, -0.05) is 24.3 Å². The molecule has 0 aliphatic heterocycles. The van der Waals surface area contributed by atoms with E-state index in [0.29, 0.717) is 29.2 Å². The Labute approximate surface area is 158 Å². The molecule has 0 saturated carbocycles. The first-order valence-electron chi connectivity index (χ1n) is 8.59. The Morgan fingerprint density at radius 2 is 1.79 bits per heavy atom. The van der Waals surface area contributed by atoms with Crippen LogP contribution in [-0.2, 0) is 6.54 Å². The van der Waals surface area contributed by atoms with Crippen LogP contribution < -0.4 is 0 Å². The average Bonchev–Trinajstić information content (AvgIpc) is 3.35. The van der Waals surface area contributed by atoms with Crippen LogP contribution in [0, 0.1) is 10.1 Å². The number of rotatable bonds is 4. The van der Waals surface area contributed by atoms with Crippen molar-refractivity contribution in [3.8, 4) is 11.4 Å². The van der Waals surface area contributed by atoms with Crippen LogP contribution in [0.4, 0.5) is 5.69 Å². The smallest absolute Gasteiger partial charge is 0.270 e.